The lowest BCUT2D eigenvalue weighted by Crippen LogP contribution is -2.43. The molecule has 0 aliphatic carbocycles. The first-order valence-corrected chi connectivity index (χ1v) is 4.81. The van der Waals surface area contributed by atoms with Crippen LogP contribution in [0.4, 0.5) is 0 Å². The number of amides is 1. The van der Waals surface area contributed by atoms with Crippen molar-refractivity contribution in [3.05, 3.63) is 0 Å². The zero-order valence-corrected chi connectivity index (χ0v) is 8.64. The van der Waals surface area contributed by atoms with Crippen LogP contribution < -0.4 is 0 Å². The molecule has 1 atom stereocenters. The standard InChI is InChI=1S/C9H15NO5/c1-7(9(12)13)15-6-8(11)10-2-4-14-5-3-10/h7H,2-6H2,1H3,(H,12,13)/t7-/m1/s1. The van der Waals surface area contributed by atoms with Gasteiger partial charge in [-0.25, -0.2) is 4.79 Å². The van der Waals surface area contributed by atoms with Gasteiger partial charge in [-0.2, -0.15) is 0 Å². The van der Waals surface area contributed by atoms with E-state index in [2.05, 4.69) is 0 Å². The number of nitrogens with zero attached hydrogens (tertiary/aromatic N) is 1. The molecule has 0 radical (unpaired) electrons. The SMILES string of the molecule is C[C@@H](OCC(=O)N1CCOCC1)C(=O)O. The maximum absolute atomic E-state index is 11.5. The molecule has 1 saturated heterocycles. The van der Waals surface area contributed by atoms with E-state index < -0.39 is 12.1 Å². The summed E-state index contributed by atoms with van der Waals surface area (Å²) in [5.41, 5.74) is 0. The van der Waals surface area contributed by atoms with E-state index in [0.717, 1.165) is 0 Å². The van der Waals surface area contributed by atoms with Gasteiger partial charge in [0.05, 0.1) is 13.2 Å². The highest BCUT2D eigenvalue weighted by molar-refractivity contribution is 5.78. The highest BCUT2D eigenvalue weighted by atomic mass is 16.5. The molecule has 0 saturated carbocycles. The van der Waals surface area contributed by atoms with E-state index in [-0.39, 0.29) is 12.5 Å². The van der Waals surface area contributed by atoms with Gasteiger partial charge in [-0.3, -0.25) is 4.79 Å². The van der Waals surface area contributed by atoms with Gasteiger partial charge in [0.25, 0.3) is 0 Å². The van der Waals surface area contributed by atoms with Gasteiger partial charge >= 0.3 is 5.97 Å². The summed E-state index contributed by atoms with van der Waals surface area (Å²) in [5.74, 6) is -1.25. The fourth-order valence-corrected chi connectivity index (χ4v) is 1.17. The first-order valence-electron chi connectivity index (χ1n) is 4.81. The van der Waals surface area contributed by atoms with Crippen LogP contribution in [0.25, 0.3) is 0 Å². The van der Waals surface area contributed by atoms with E-state index in [1.807, 2.05) is 0 Å². The molecule has 0 unspecified atom stereocenters. The summed E-state index contributed by atoms with van der Waals surface area (Å²) >= 11 is 0. The molecule has 1 N–H and O–H groups in total. The number of rotatable bonds is 4. The van der Waals surface area contributed by atoms with Gasteiger partial charge in [0.1, 0.15) is 6.61 Å². The molecule has 1 rings (SSSR count). The van der Waals surface area contributed by atoms with Crippen LogP contribution in [0, 0.1) is 0 Å². The second kappa shape index (κ2) is 5.67. The molecule has 0 aromatic carbocycles. The lowest BCUT2D eigenvalue weighted by molar-refractivity contribution is -0.154. The summed E-state index contributed by atoms with van der Waals surface area (Å²) in [6.45, 7) is 3.36. The van der Waals surface area contributed by atoms with Gasteiger partial charge < -0.3 is 19.5 Å². The molecule has 0 spiro atoms. The van der Waals surface area contributed by atoms with Gasteiger partial charge in [-0.15, -0.1) is 0 Å². The van der Waals surface area contributed by atoms with Crippen molar-refractivity contribution in [1.82, 2.24) is 4.90 Å². The molecule has 1 heterocycles. The van der Waals surface area contributed by atoms with Crippen LogP contribution in [0.5, 0.6) is 0 Å². The van der Waals surface area contributed by atoms with Crippen molar-refractivity contribution in [2.45, 2.75) is 13.0 Å². The Labute approximate surface area is 87.8 Å². The first-order chi connectivity index (χ1) is 7.11. The lowest BCUT2D eigenvalue weighted by atomic mass is 10.4. The quantitative estimate of drug-likeness (QED) is 0.676. The number of aliphatic carboxylic acids is 1. The van der Waals surface area contributed by atoms with Crippen molar-refractivity contribution in [3.63, 3.8) is 0 Å². The second-order valence-electron chi connectivity index (χ2n) is 3.28. The zero-order valence-electron chi connectivity index (χ0n) is 8.64. The van der Waals surface area contributed by atoms with Crippen molar-refractivity contribution in [2.75, 3.05) is 32.9 Å². The second-order valence-corrected chi connectivity index (χ2v) is 3.28. The zero-order chi connectivity index (χ0) is 11.3. The molecule has 86 valence electrons. The number of morpholine rings is 1. The van der Waals surface area contributed by atoms with E-state index in [1.165, 1.54) is 6.92 Å². The van der Waals surface area contributed by atoms with E-state index in [1.54, 1.807) is 4.90 Å². The maximum atomic E-state index is 11.5. The summed E-state index contributed by atoms with van der Waals surface area (Å²) < 4.78 is 9.97. The minimum absolute atomic E-state index is 0.187. The molecule has 6 heteroatoms. The molecule has 0 aromatic heterocycles. The van der Waals surface area contributed by atoms with Gasteiger partial charge in [-0.1, -0.05) is 0 Å². The summed E-state index contributed by atoms with van der Waals surface area (Å²) in [5, 5.41) is 8.54. The predicted molar refractivity (Wildman–Crippen MR) is 50.4 cm³/mol. The van der Waals surface area contributed by atoms with E-state index in [9.17, 15) is 9.59 Å². The van der Waals surface area contributed by atoms with Crippen molar-refractivity contribution < 1.29 is 24.2 Å². The smallest absolute Gasteiger partial charge is 0.332 e. The minimum atomic E-state index is -1.07. The topological polar surface area (TPSA) is 76.1 Å². The Kier molecular flexibility index (Phi) is 4.51. The lowest BCUT2D eigenvalue weighted by Gasteiger charge is -2.26. The van der Waals surface area contributed by atoms with Crippen molar-refractivity contribution in [2.24, 2.45) is 0 Å². The molecule has 1 amide bonds. The first kappa shape index (κ1) is 11.9. The highest BCUT2D eigenvalue weighted by Gasteiger charge is 2.19. The molecular weight excluding hydrogens is 202 g/mol. The Morgan fingerprint density at radius 2 is 2.07 bits per heavy atom. The highest BCUT2D eigenvalue weighted by Crippen LogP contribution is 1.99. The molecule has 6 nitrogen and oxygen atoms in total. The molecule has 1 aliphatic rings. The summed E-state index contributed by atoms with van der Waals surface area (Å²) in [6.07, 6.45) is -0.949. The molecule has 1 fully saturated rings. The Bertz CT molecular complexity index is 237. The fourth-order valence-electron chi connectivity index (χ4n) is 1.17. The number of carboxylic acids is 1. The largest absolute Gasteiger partial charge is 0.479 e. The van der Waals surface area contributed by atoms with E-state index in [4.69, 9.17) is 14.6 Å². The third-order valence-electron chi connectivity index (χ3n) is 2.17. The number of hydrogen-bond acceptors (Lipinski definition) is 4. The fraction of sp³-hybridized carbons (Fsp3) is 0.778. The van der Waals surface area contributed by atoms with Crippen molar-refractivity contribution in [1.29, 1.82) is 0 Å². The van der Waals surface area contributed by atoms with Crippen LogP contribution >= 0.6 is 0 Å². The van der Waals surface area contributed by atoms with Crippen LogP contribution in [0.3, 0.4) is 0 Å². The molecular formula is C9H15NO5. The van der Waals surface area contributed by atoms with E-state index in [0.29, 0.717) is 26.3 Å². The maximum Gasteiger partial charge on any atom is 0.332 e. The third-order valence-corrected chi connectivity index (χ3v) is 2.17. The number of hydrogen-bond donors (Lipinski definition) is 1. The Morgan fingerprint density at radius 1 is 1.47 bits per heavy atom. The van der Waals surface area contributed by atoms with Crippen molar-refractivity contribution in [3.8, 4) is 0 Å². The monoisotopic (exact) mass is 217 g/mol. The minimum Gasteiger partial charge on any atom is -0.479 e. The van der Waals surface area contributed by atoms with Crippen LogP contribution in [0.1, 0.15) is 6.92 Å². The summed E-state index contributed by atoms with van der Waals surface area (Å²) in [6, 6.07) is 0. The van der Waals surface area contributed by atoms with Crippen LogP contribution in [-0.4, -0.2) is 60.9 Å². The van der Waals surface area contributed by atoms with Gasteiger partial charge in [0.15, 0.2) is 6.10 Å². The molecule has 0 aromatic rings. The molecule has 0 bridgehead atoms. The number of carbonyl (C=O) groups excluding carboxylic acids is 1. The van der Waals surface area contributed by atoms with Gasteiger partial charge in [0.2, 0.25) is 5.91 Å². The Morgan fingerprint density at radius 3 is 2.60 bits per heavy atom. The Balaban J connectivity index is 2.25. The molecule has 1 aliphatic heterocycles. The average molecular weight is 217 g/mol. The number of carbonyl (C=O) groups is 2. The molecule has 15 heavy (non-hydrogen) atoms. The number of ether oxygens (including phenoxy) is 2. The van der Waals surface area contributed by atoms with Crippen molar-refractivity contribution >= 4 is 11.9 Å². The summed E-state index contributed by atoms with van der Waals surface area (Å²) in [7, 11) is 0. The third kappa shape index (κ3) is 3.85. The Hall–Kier alpha value is -1.14. The van der Waals surface area contributed by atoms with Crippen LogP contribution in [0.15, 0.2) is 0 Å². The predicted octanol–water partition coefficient (Wildman–Crippen LogP) is -0.665. The van der Waals surface area contributed by atoms with Crippen LogP contribution in [-0.2, 0) is 19.1 Å². The van der Waals surface area contributed by atoms with Gasteiger partial charge in [-0.05, 0) is 6.92 Å². The van der Waals surface area contributed by atoms with Gasteiger partial charge in [0, 0.05) is 13.1 Å². The average Bonchev–Trinajstić information content (AvgIpc) is 2.26. The van der Waals surface area contributed by atoms with E-state index >= 15 is 0 Å². The van der Waals surface area contributed by atoms with Crippen LogP contribution in [0.2, 0.25) is 0 Å². The normalized spacial score (nSPS) is 18.6. The summed E-state index contributed by atoms with van der Waals surface area (Å²) in [4.78, 5) is 23.5. The number of carboxylic acid groups (broad SMARTS) is 1.